The monoisotopic (exact) mass is 441 g/mol. The van der Waals surface area contributed by atoms with Gasteiger partial charge in [0.25, 0.3) is 5.91 Å². The van der Waals surface area contributed by atoms with Gasteiger partial charge in [-0.1, -0.05) is 40.2 Å². The fourth-order valence-electron chi connectivity index (χ4n) is 3.72. The van der Waals surface area contributed by atoms with Crippen LogP contribution in [0.1, 0.15) is 39.0 Å². The zero-order valence-electron chi connectivity index (χ0n) is 15.1. The second kappa shape index (κ2) is 7.44. The van der Waals surface area contributed by atoms with Gasteiger partial charge in [0, 0.05) is 27.7 Å². The Morgan fingerprint density at radius 2 is 2.11 bits per heavy atom. The van der Waals surface area contributed by atoms with Crippen LogP contribution in [-0.4, -0.2) is 21.7 Å². The van der Waals surface area contributed by atoms with Gasteiger partial charge in [0.1, 0.15) is 0 Å². The minimum atomic E-state index is -0.00132. The van der Waals surface area contributed by atoms with Crippen LogP contribution in [0.2, 0.25) is 0 Å². The Morgan fingerprint density at radius 1 is 1.26 bits per heavy atom. The summed E-state index contributed by atoms with van der Waals surface area (Å²) < 4.78 is 3.03. The third-order valence-electron chi connectivity index (χ3n) is 4.92. The number of thiophene rings is 1. The lowest BCUT2D eigenvalue weighted by Crippen LogP contribution is -2.32. The molecule has 1 aromatic carbocycles. The van der Waals surface area contributed by atoms with Gasteiger partial charge in [-0.25, -0.2) is 4.68 Å². The summed E-state index contributed by atoms with van der Waals surface area (Å²) in [6.07, 6.45) is 5.16. The van der Waals surface area contributed by atoms with Crippen LogP contribution in [0.5, 0.6) is 0 Å². The highest BCUT2D eigenvalue weighted by Crippen LogP contribution is 2.34. The lowest BCUT2D eigenvalue weighted by molar-refractivity contribution is 0.0948. The molecule has 0 radical (unpaired) electrons. The molecule has 2 heterocycles. The van der Waals surface area contributed by atoms with E-state index in [0.717, 1.165) is 32.8 Å². The van der Waals surface area contributed by atoms with E-state index in [1.807, 2.05) is 34.3 Å². The van der Waals surface area contributed by atoms with Crippen molar-refractivity contribution in [2.45, 2.75) is 32.2 Å². The molecule has 2 aromatic heterocycles. The zero-order valence-corrected chi connectivity index (χ0v) is 17.5. The zero-order chi connectivity index (χ0) is 19.0. The summed E-state index contributed by atoms with van der Waals surface area (Å²) in [6, 6.07) is 12.0. The minimum absolute atomic E-state index is 0.00132. The first-order chi connectivity index (χ1) is 13.0. The first-order valence-corrected chi connectivity index (χ1v) is 10.5. The second-order valence-corrected chi connectivity index (χ2v) is 8.62. The fraction of sp³-hybridized carbons (Fsp3) is 0.238. The molecule has 0 bridgehead atoms. The Hall–Kier alpha value is -2.18. The molecule has 4 rings (SSSR count). The molecule has 27 heavy (non-hydrogen) atoms. The Morgan fingerprint density at radius 3 is 2.85 bits per heavy atom. The molecule has 1 N–H and O–H groups in total. The number of amides is 1. The normalized spacial score (nSPS) is 18.8. The van der Waals surface area contributed by atoms with Crippen LogP contribution in [-0.2, 0) is 0 Å². The first kappa shape index (κ1) is 18.2. The van der Waals surface area contributed by atoms with Crippen LogP contribution in [0, 0.1) is 13.8 Å². The second-order valence-electron chi connectivity index (χ2n) is 6.76. The predicted molar refractivity (Wildman–Crippen MR) is 113 cm³/mol. The van der Waals surface area contributed by atoms with Crippen molar-refractivity contribution in [3.05, 3.63) is 80.2 Å². The van der Waals surface area contributed by atoms with E-state index in [4.69, 9.17) is 5.10 Å². The Kier molecular flexibility index (Phi) is 5.02. The van der Waals surface area contributed by atoms with Crippen molar-refractivity contribution in [1.82, 2.24) is 15.1 Å². The van der Waals surface area contributed by atoms with Crippen LogP contribution in [0.3, 0.4) is 0 Å². The maximum absolute atomic E-state index is 12.3. The molecule has 0 fully saturated rings. The lowest BCUT2D eigenvalue weighted by Gasteiger charge is -2.14. The van der Waals surface area contributed by atoms with E-state index in [-0.39, 0.29) is 17.9 Å². The fourth-order valence-corrected chi connectivity index (χ4v) is 4.73. The van der Waals surface area contributed by atoms with Crippen LogP contribution in [0.15, 0.2) is 58.4 Å². The lowest BCUT2D eigenvalue weighted by atomic mass is 9.96. The number of allylic oxidation sites excluding steroid dienone is 1. The van der Waals surface area contributed by atoms with Crippen molar-refractivity contribution in [1.29, 1.82) is 0 Å². The number of nitrogens with zero attached hydrogens (tertiary/aromatic N) is 2. The van der Waals surface area contributed by atoms with E-state index < -0.39 is 0 Å². The van der Waals surface area contributed by atoms with Crippen molar-refractivity contribution in [3.63, 3.8) is 0 Å². The van der Waals surface area contributed by atoms with Crippen molar-refractivity contribution >= 4 is 33.2 Å². The highest BCUT2D eigenvalue weighted by atomic mass is 79.9. The van der Waals surface area contributed by atoms with Gasteiger partial charge < -0.3 is 5.32 Å². The summed E-state index contributed by atoms with van der Waals surface area (Å²) in [5, 5.41) is 9.81. The standard InChI is InChI=1S/C21H20BrN3OS/c1-13-20(14(2)25(24-13)18-6-3-5-16(22)12-18)15-8-9-17(11-15)23-21(26)19-7-4-10-27-19/h3-10,12,15,17H,11H2,1-2H3,(H,23,26)/t15-,17+/m0/s1. The number of carbonyl (C=O) groups is 1. The van der Waals surface area contributed by atoms with E-state index >= 15 is 0 Å². The molecule has 1 aliphatic rings. The Bertz CT molecular complexity index is 1010. The number of halogens is 1. The van der Waals surface area contributed by atoms with Crippen LogP contribution in [0.4, 0.5) is 0 Å². The Labute approximate surface area is 171 Å². The maximum Gasteiger partial charge on any atom is 0.261 e. The quantitative estimate of drug-likeness (QED) is 0.568. The molecule has 3 aromatic rings. The number of rotatable bonds is 4. The van der Waals surface area contributed by atoms with Gasteiger partial charge in [-0.15, -0.1) is 11.3 Å². The summed E-state index contributed by atoms with van der Waals surface area (Å²) in [6.45, 7) is 4.17. The van der Waals surface area contributed by atoms with Gasteiger partial charge in [0.05, 0.1) is 16.3 Å². The Balaban J connectivity index is 1.53. The number of hydrogen-bond donors (Lipinski definition) is 1. The largest absolute Gasteiger partial charge is 0.345 e. The summed E-state index contributed by atoms with van der Waals surface area (Å²) in [5.74, 6) is 0.262. The molecule has 0 aliphatic heterocycles. The van der Waals surface area contributed by atoms with E-state index in [0.29, 0.717) is 0 Å². The maximum atomic E-state index is 12.3. The number of benzene rings is 1. The number of aryl methyl sites for hydroxylation is 1. The molecule has 1 amide bonds. The van der Waals surface area contributed by atoms with E-state index in [9.17, 15) is 4.79 Å². The average molecular weight is 442 g/mol. The molecule has 0 unspecified atom stereocenters. The molecule has 0 spiro atoms. The summed E-state index contributed by atoms with van der Waals surface area (Å²) >= 11 is 5.00. The van der Waals surface area contributed by atoms with Gasteiger partial charge in [0.2, 0.25) is 0 Å². The van der Waals surface area contributed by atoms with Gasteiger partial charge in [-0.05, 0) is 49.9 Å². The minimum Gasteiger partial charge on any atom is -0.345 e. The smallest absolute Gasteiger partial charge is 0.261 e. The van der Waals surface area contributed by atoms with Crippen molar-refractivity contribution in [3.8, 4) is 5.69 Å². The molecular weight excluding hydrogens is 422 g/mol. The molecule has 4 nitrogen and oxygen atoms in total. The molecule has 0 saturated heterocycles. The number of nitrogens with one attached hydrogen (secondary N) is 1. The van der Waals surface area contributed by atoms with E-state index in [2.05, 4.69) is 59.4 Å². The molecular formula is C21H20BrN3OS. The SMILES string of the molecule is Cc1nn(-c2cccc(Br)c2)c(C)c1[C@H]1C=C[C@@H](NC(=O)c2cccs2)C1. The van der Waals surface area contributed by atoms with Gasteiger partial charge >= 0.3 is 0 Å². The molecule has 1 aliphatic carbocycles. The number of aromatic nitrogens is 2. The highest BCUT2D eigenvalue weighted by molar-refractivity contribution is 9.10. The van der Waals surface area contributed by atoms with Crippen LogP contribution < -0.4 is 5.32 Å². The van der Waals surface area contributed by atoms with Crippen molar-refractivity contribution in [2.75, 3.05) is 0 Å². The van der Waals surface area contributed by atoms with Gasteiger partial charge in [-0.3, -0.25) is 4.79 Å². The molecule has 138 valence electrons. The predicted octanol–water partition coefficient (Wildman–Crippen LogP) is 5.16. The van der Waals surface area contributed by atoms with Crippen molar-refractivity contribution in [2.24, 2.45) is 0 Å². The van der Waals surface area contributed by atoms with Crippen molar-refractivity contribution < 1.29 is 4.79 Å². The first-order valence-electron chi connectivity index (χ1n) is 8.87. The molecule has 2 atom stereocenters. The summed E-state index contributed by atoms with van der Waals surface area (Å²) in [4.78, 5) is 13.1. The van der Waals surface area contributed by atoms with Crippen LogP contribution >= 0.6 is 27.3 Å². The van der Waals surface area contributed by atoms with E-state index in [1.54, 1.807) is 0 Å². The number of hydrogen-bond acceptors (Lipinski definition) is 3. The highest BCUT2D eigenvalue weighted by Gasteiger charge is 2.27. The third kappa shape index (κ3) is 3.64. The molecule has 6 heteroatoms. The summed E-state index contributed by atoms with van der Waals surface area (Å²) in [7, 11) is 0. The third-order valence-corrected chi connectivity index (χ3v) is 6.28. The topological polar surface area (TPSA) is 46.9 Å². The van der Waals surface area contributed by atoms with Gasteiger partial charge in [0.15, 0.2) is 0 Å². The van der Waals surface area contributed by atoms with Crippen LogP contribution in [0.25, 0.3) is 5.69 Å². The number of carbonyl (C=O) groups excluding carboxylic acids is 1. The average Bonchev–Trinajstić information content (AvgIpc) is 3.36. The molecule has 0 saturated carbocycles. The van der Waals surface area contributed by atoms with E-state index in [1.165, 1.54) is 16.9 Å². The summed E-state index contributed by atoms with van der Waals surface area (Å²) in [5.41, 5.74) is 4.47. The van der Waals surface area contributed by atoms with Gasteiger partial charge in [-0.2, -0.15) is 5.10 Å².